The summed E-state index contributed by atoms with van der Waals surface area (Å²) >= 11 is 0. The molecule has 1 aromatic heterocycles. The van der Waals surface area contributed by atoms with Crippen LogP contribution in [0.3, 0.4) is 0 Å². The molecule has 0 spiro atoms. The highest BCUT2D eigenvalue weighted by Gasteiger charge is 2.40. The second kappa shape index (κ2) is 6.32. The molecule has 1 atom stereocenters. The third-order valence-electron chi connectivity index (χ3n) is 4.23. The van der Waals surface area contributed by atoms with E-state index in [0.29, 0.717) is 17.3 Å². The first kappa shape index (κ1) is 16.9. The largest absolute Gasteiger partial charge is 0.368 e. The lowest BCUT2D eigenvalue weighted by atomic mass is 9.82. The Morgan fingerprint density at radius 1 is 1.39 bits per heavy atom. The Balaban J connectivity index is 2.51. The van der Waals surface area contributed by atoms with E-state index in [2.05, 4.69) is 10.3 Å². The number of carbonyl (C=O) groups is 2. The van der Waals surface area contributed by atoms with E-state index in [4.69, 9.17) is 5.73 Å². The Hall–Kier alpha value is -2.50. The van der Waals surface area contributed by atoms with Crippen molar-refractivity contribution in [3.8, 4) is 0 Å². The van der Waals surface area contributed by atoms with E-state index >= 15 is 0 Å². The van der Waals surface area contributed by atoms with Crippen molar-refractivity contribution in [2.75, 3.05) is 0 Å². The van der Waals surface area contributed by atoms with Gasteiger partial charge >= 0.3 is 0 Å². The number of fused-ring (bicyclic) bond motifs is 1. The molecule has 2 rings (SSSR count). The number of amides is 2. The van der Waals surface area contributed by atoms with Crippen LogP contribution in [0.4, 0.5) is 4.39 Å². The van der Waals surface area contributed by atoms with Gasteiger partial charge in [-0.15, -0.1) is 0 Å². The van der Waals surface area contributed by atoms with Crippen molar-refractivity contribution in [3.05, 3.63) is 41.8 Å². The highest BCUT2D eigenvalue weighted by molar-refractivity contribution is 6.07. The average molecular weight is 317 g/mol. The normalized spacial score (nSPS) is 13.8. The molecule has 0 unspecified atom stereocenters. The van der Waals surface area contributed by atoms with Gasteiger partial charge in [-0.2, -0.15) is 0 Å². The van der Waals surface area contributed by atoms with E-state index < -0.39 is 23.2 Å². The maximum absolute atomic E-state index is 13.8. The Kier molecular flexibility index (Phi) is 4.63. The van der Waals surface area contributed by atoms with Gasteiger partial charge in [0, 0.05) is 11.6 Å². The van der Waals surface area contributed by atoms with Crippen molar-refractivity contribution < 1.29 is 14.0 Å². The van der Waals surface area contributed by atoms with Gasteiger partial charge in [0.05, 0.1) is 11.1 Å². The van der Waals surface area contributed by atoms with Crippen molar-refractivity contribution in [1.82, 2.24) is 10.3 Å². The zero-order valence-electron chi connectivity index (χ0n) is 13.4. The van der Waals surface area contributed by atoms with Crippen molar-refractivity contribution >= 4 is 22.7 Å². The number of benzene rings is 1. The molecule has 0 fully saturated rings. The van der Waals surface area contributed by atoms with Crippen molar-refractivity contribution in [2.24, 2.45) is 11.7 Å². The van der Waals surface area contributed by atoms with Gasteiger partial charge in [0.1, 0.15) is 11.4 Å². The third kappa shape index (κ3) is 3.02. The molecule has 1 heterocycles. The Morgan fingerprint density at radius 2 is 2.09 bits per heavy atom. The number of nitrogens with one attached hydrogen (secondary N) is 1. The van der Waals surface area contributed by atoms with Gasteiger partial charge in [-0.1, -0.05) is 26.8 Å². The number of aromatic nitrogens is 1. The summed E-state index contributed by atoms with van der Waals surface area (Å²) in [6, 6.07) is 5.76. The van der Waals surface area contributed by atoms with E-state index in [1.54, 1.807) is 32.9 Å². The molecule has 2 aromatic rings. The minimum atomic E-state index is -1.19. The molecule has 0 saturated heterocycles. The maximum Gasteiger partial charge on any atom is 0.254 e. The number of hydrogen-bond donors (Lipinski definition) is 2. The number of primary amides is 1. The summed E-state index contributed by atoms with van der Waals surface area (Å²) in [4.78, 5) is 28.7. The predicted molar refractivity (Wildman–Crippen MR) is 86.2 cm³/mol. The van der Waals surface area contributed by atoms with Crippen LogP contribution in [0.1, 0.15) is 37.6 Å². The summed E-state index contributed by atoms with van der Waals surface area (Å²) in [6.45, 7) is 5.37. The first-order valence-corrected chi connectivity index (χ1v) is 7.48. The highest BCUT2D eigenvalue weighted by Crippen LogP contribution is 2.24. The van der Waals surface area contributed by atoms with Crippen molar-refractivity contribution in [3.63, 3.8) is 0 Å². The van der Waals surface area contributed by atoms with Crippen molar-refractivity contribution in [2.45, 2.75) is 32.7 Å². The standard InChI is InChI=1S/C17H20FN3O2/c1-4-17(10(2)3,16(19)23)21-15(22)13-9-12(18)8-11-6-5-7-20-14(11)13/h5-10H,4H2,1-3H3,(H2,19,23)(H,21,22)/t17-/m1/s1. The second-order valence-electron chi connectivity index (χ2n) is 5.83. The lowest BCUT2D eigenvalue weighted by Crippen LogP contribution is -2.60. The smallest absolute Gasteiger partial charge is 0.254 e. The predicted octanol–water partition coefficient (Wildman–Crippen LogP) is 2.39. The Morgan fingerprint density at radius 3 is 2.65 bits per heavy atom. The Bertz CT molecular complexity index is 761. The number of hydrogen-bond acceptors (Lipinski definition) is 3. The van der Waals surface area contributed by atoms with Crippen LogP contribution in [0, 0.1) is 11.7 Å². The molecule has 0 aliphatic heterocycles. The zero-order valence-corrected chi connectivity index (χ0v) is 13.4. The molecule has 122 valence electrons. The number of nitrogens with zero attached hydrogens (tertiary/aromatic N) is 1. The number of carbonyl (C=O) groups excluding carboxylic acids is 2. The molecular formula is C17H20FN3O2. The Labute approximate surface area is 134 Å². The summed E-state index contributed by atoms with van der Waals surface area (Å²) in [7, 11) is 0. The third-order valence-corrected chi connectivity index (χ3v) is 4.23. The molecule has 0 aliphatic carbocycles. The van der Waals surface area contributed by atoms with Gasteiger partial charge in [0.15, 0.2) is 0 Å². The fraction of sp³-hybridized carbons (Fsp3) is 0.353. The fourth-order valence-corrected chi connectivity index (χ4v) is 2.76. The van der Waals surface area contributed by atoms with Crippen LogP contribution in [0.15, 0.2) is 30.5 Å². The second-order valence-corrected chi connectivity index (χ2v) is 5.83. The van der Waals surface area contributed by atoms with E-state index in [1.807, 2.05) is 0 Å². The minimum Gasteiger partial charge on any atom is -0.368 e. The molecule has 5 nitrogen and oxygen atoms in total. The van der Waals surface area contributed by atoms with Crippen LogP contribution in [0.5, 0.6) is 0 Å². The van der Waals surface area contributed by atoms with E-state index in [1.165, 1.54) is 12.3 Å². The van der Waals surface area contributed by atoms with Gasteiger partial charge < -0.3 is 11.1 Å². The van der Waals surface area contributed by atoms with Crippen LogP contribution >= 0.6 is 0 Å². The quantitative estimate of drug-likeness (QED) is 0.888. The number of halogens is 1. The monoisotopic (exact) mass is 317 g/mol. The van der Waals surface area contributed by atoms with Gasteiger partial charge in [-0.25, -0.2) is 4.39 Å². The summed E-state index contributed by atoms with van der Waals surface area (Å²) in [5.74, 6) is -1.93. The van der Waals surface area contributed by atoms with Crippen LogP contribution in [0.2, 0.25) is 0 Å². The lowest BCUT2D eigenvalue weighted by molar-refractivity contribution is -0.126. The minimum absolute atomic E-state index is 0.0836. The van der Waals surface area contributed by atoms with Gasteiger partial charge in [-0.3, -0.25) is 14.6 Å². The summed E-state index contributed by atoms with van der Waals surface area (Å²) in [6.07, 6.45) is 1.87. The van der Waals surface area contributed by atoms with Gasteiger partial charge in [0.25, 0.3) is 5.91 Å². The van der Waals surface area contributed by atoms with E-state index in [0.717, 1.165) is 6.07 Å². The molecule has 0 saturated carbocycles. The number of nitrogens with two attached hydrogens (primary N) is 1. The number of pyridine rings is 1. The first-order chi connectivity index (χ1) is 10.8. The lowest BCUT2D eigenvalue weighted by Gasteiger charge is -2.34. The SMILES string of the molecule is CC[C@](NC(=O)c1cc(F)cc2cccnc12)(C(N)=O)C(C)C. The van der Waals surface area contributed by atoms with Gasteiger partial charge in [0.2, 0.25) is 5.91 Å². The molecule has 6 heteroatoms. The number of rotatable bonds is 5. The molecule has 1 aromatic carbocycles. The van der Waals surface area contributed by atoms with Gasteiger partial charge in [-0.05, 0) is 30.5 Å². The zero-order chi connectivity index (χ0) is 17.2. The molecule has 0 bridgehead atoms. The summed E-state index contributed by atoms with van der Waals surface area (Å²) < 4.78 is 13.8. The van der Waals surface area contributed by atoms with E-state index in [9.17, 15) is 14.0 Å². The summed E-state index contributed by atoms with van der Waals surface area (Å²) in [5, 5.41) is 3.21. The topological polar surface area (TPSA) is 85.1 Å². The molecule has 3 N–H and O–H groups in total. The maximum atomic E-state index is 13.8. The van der Waals surface area contributed by atoms with Crippen LogP contribution in [0.25, 0.3) is 10.9 Å². The molecule has 0 aliphatic rings. The molecule has 0 radical (unpaired) electrons. The highest BCUT2D eigenvalue weighted by atomic mass is 19.1. The van der Waals surface area contributed by atoms with E-state index in [-0.39, 0.29) is 11.5 Å². The van der Waals surface area contributed by atoms with Crippen molar-refractivity contribution in [1.29, 1.82) is 0 Å². The van der Waals surface area contributed by atoms with Crippen LogP contribution in [-0.4, -0.2) is 22.3 Å². The molecule has 2 amide bonds. The molecule has 23 heavy (non-hydrogen) atoms. The van der Waals surface area contributed by atoms with Crippen LogP contribution in [-0.2, 0) is 4.79 Å². The summed E-state index contributed by atoms with van der Waals surface area (Å²) in [5.41, 5.74) is 4.78. The average Bonchev–Trinajstić information content (AvgIpc) is 2.50. The van der Waals surface area contributed by atoms with Crippen LogP contribution < -0.4 is 11.1 Å². The molecular weight excluding hydrogens is 297 g/mol. The fourth-order valence-electron chi connectivity index (χ4n) is 2.76. The first-order valence-electron chi connectivity index (χ1n) is 7.48.